The molecule has 7 nitrogen and oxygen atoms in total. The first-order valence-corrected chi connectivity index (χ1v) is 8.10. The molecule has 25 heavy (non-hydrogen) atoms. The molecule has 0 saturated carbocycles. The Hall–Kier alpha value is -2.61. The average Bonchev–Trinajstić information content (AvgIpc) is 3.08. The molecular formula is C17H16BrNO6. The van der Waals surface area contributed by atoms with E-state index in [2.05, 4.69) is 26.0 Å². The van der Waals surface area contributed by atoms with Gasteiger partial charge in [-0.25, -0.2) is 9.59 Å². The second kappa shape index (κ2) is 8.48. The van der Waals surface area contributed by atoms with Gasteiger partial charge in [0.25, 0.3) is 5.91 Å². The quantitative estimate of drug-likeness (QED) is 0.736. The molecule has 0 aliphatic carbocycles. The molecule has 2 rings (SSSR count). The zero-order valence-corrected chi connectivity index (χ0v) is 15.2. The van der Waals surface area contributed by atoms with Crippen LogP contribution < -0.4 is 5.32 Å². The molecule has 0 fully saturated rings. The van der Waals surface area contributed by atoms with Gasteiger partial charge >= 0.3 is 11.9 Å². The molecule has 8 heteroatoms. The van der Waals surface area contributed by atoms with Gasteiger partial charge in [0.05, 0.1) is 7.11 Å². The Balaban J connectivity index is 1.85. The van der Waals surface area contributed by atoms with Crippen molar-refractivity contribution in [3.63, 3.8) is 0 Å². The lowest BCUT2D eigenvalue weighted by atomic mass is 10.2. The van der Waals surface area contributed by atoms with Crippen LogP contribution in [0.4, 0.5) is 0 Å². The van der Waals surface area contributed by atoms with Crippen molar-refractivity contribution in [2.24, 2.45) is 0 Å². The van der Waals surface area contributed by atoms with Gasteiger partial charge in [-0.15, -0.1) is 0 Å². The molecule has 1 N–H and O–H groups in total. The Morgan fingerprint density at radius 2 is 1.84 bits per heavy atom. The Morgan fingerprint density at radius 3 is 2.48 bits per heavy atom. The Kier molecular flexibility index (Phi) is 6.35. The van der Waals surface area contributed by atoms with Crippen LogP contribution in [0.1, 0.15) is 33.6 Å². The lowest BCUT2D eigenvalue weighted by molar-refractivity contribution is -0.147. The van der Waals surface area contributed by atoms with Gasteiger partial charge in [0.2, 0.25) is 5.76 Å². The molecule has 0 bridgehead atoms. The van der Waals surface area contributed by atoms with E-state index in [0.717, 1.165) is 4.47 Å². The highest BCUT2D eigenvalue weighted by atomic mass is 79.9. The number of halogens is 1. The largest absolute Gasteiger partial charge is 0.463 e. The standard InChI is InChI=1S/C17H16BrNO6/c1-10(19-15(20)11-3-5-12(18)6-4-11)16(21)24-9-13-7-8-14(25-13)17(22)23-2/h3-8,10H,9H2,1-2H3,(H,19,20)/t10-/m0/s1. The first kappa shape index (κ1) is 18.7. The molecule has 1 atom stereocenters. The monoisotopic (exact) mass is 409 g/mol. The first-order chi connectivity index (χ1) is 11.9. The summed E-state index contributed by atoms with van der Waals surface area (Å²) in [6.07, 6.45) is 0. The summed E-state index contributed by atoms with van der Waals surface area (Å²) in [5.74, 6) is -1.32. The van der Waals surface area contributed by atoms with Crippen LogP contribution >= 0.6 is 15.9 Å². The van der Waals surface area contributed by atoms with Crippen molar-refractivity contribution in [3.05, 3.63) is 58.0 Å². The SMILES string of the molecule is COC(=O)c1ccc(COC(=O)[C@H](C)NC(=O)c2ccc(Br)cc2)o1. The van der Waals surface area contributed by atoms with Gasteiger partial charge in [-0.1, -0.05) is 15.9 Å². The summed E-state index contributed by atoms with van der Waals surface area (Å²) in [5, 5.41) is 2.55. The van der Waals surface area contributed by atoms with Gasteiger partial charge in [-0.05, 0) is 43.3 Å². The maximum absolute atomic E-state index is 12.1. The maximum atomic E-state index is 12.1. The van der Waals surface area contributed by atoms with Gasteiger partial charge in [0.1, 0.15) is 18.4 Å². The Morgan fingerprint density at radius 1 is 1.16 bits per heavy atom. The lowest BCUT2D eigenvalue weighted by Crippen LogP contribution is -2.39. The number of carbonyl (C=O) groups excluding carboxylic acids is 3. The van der Waals surface area contributed by atoms with Crippen LogP contribution in [0.2, 0.25) is 0 Å². The minimum Gasteiger partial charge on any atom is -0.463 e. The number of nitrogens with one attached hydrogen (secondary N) is 1. The zero-order valence-electron chi connectivity index (χ0n) is 13.6. The fraction of sp³-hybridized carbons (Fsp3) is 0.235. The van der Waals surface area contributed by atoms with E-state index in [1.165, 1.54) is 26.2 Å². The number of furan rings is 1. The fourth-order valence-corrected chi connectivity index (χ4v) is 2.14. The minimum absolute atomic E-state index is 0.0186. The van der Waals surface area contributed by atoms with E-state index < -0.39 is 18.0 Å². The summed E-state index contributed by atoms with van der Waals surface area (Å²) in [5.41, 5.74) is 0.427. The zero-order chi connectivity index (χ0) is 18.4. The summed E-state index contributed by atoms with van der Waals surface area (Å²) < 4.78 is 15.6. The first-order valence-electron chi connectivity index (χ1n) is 7.31. The van der Waals surface area contributed by atoms with Crippen molar-refractivity contribution in [2.75, 3.05) is 7.11 Å². The van der Waals surface area contributed by atoms with Crippen molar-refractivity contribution >= 4 is 33.8 Å². The number of benzene rings is 1. The molecular weight excluding hydrogens is 394 g/mol. The van der Waals surface area contributed by atoms with E-state index in [-0.39, 0.29) is 18.3 Å². The normalized spacial score (nSPS) is 11.5. The van der Waals surface area contributed by atoms with Crippen LogP contribution in [-0.2, 0) is 20.9 Å². The van der Waals surface area contributed by atoms with Crippen LogP contribution in [0.15, 0.2) is 45.3 Å². The fourth-order valence-electron chi connectivity index (χ4n) is 1.87. The summed E-state index contributed by atoms with van der Waals surface area (Å²) in [7, 11) is 1.24. The van der Waals surface area contributed by atoms with E-state index in [1.807, 2.05) is 0 Å². The predicted molar refractivity (Wildman–Crippen MR) is 90.9 cm³/mol. The van der Waals surface area contributed by atoms with Crippen molar-refractivity contribution in [1.29, 1.82) is 0 Å². The molecule has 0 spiro atoms. The highest BCUT2D eigenvalue weighted by molar-refractivity contribution is 9.10. The van der Waals surface area contributed by atoms with Crippen molar-refractivity contribution in [1.82, 2.24) is 5.32 Å². The lowest BCUT2D eigenvalue weighted by Gasteiger charge is -2.13. The molecule has 0 unspecified atom stereocenters. The number of hydrogen-bond acceptors (Lipinski definition) is 6. The van der Waals surface area contributed by atoms with Crippen LogP contribution in [0, 0.1) is 0 Å². The number of hydrogen-bond donors (Lipinski definition) is 1. The topological polar surface area (TPSA) is 94.8 Å². The third-order valence-electron chi connectivity index (χ3n) is 3.21. The molecule has 0 radical (unpaired) electrons. The number of ether oxygens (including phenoxy) is 2. The molecule has 0 aliphatic rings. The second-order valence-corrected chi connectivity index (χ2v) is 5.98. The second-order valence-electron chi connectivity index (χ2n) is 5.07. The van der Waals surface area contributed by atoms with E-state index in [1.54, 1.807) is 24.3 Å². The van der Waals surface area contributed by atoms with Crippen LogP contribution in [0.5, 0.6) is 0 Å². The Bertz CT molecular complexity index is 768. The molecule has 2 aromatic rings. The van der Waals surface area contributed by atoms with Gasteiger partial charge < -0.3 is 19.2 Å². The van der Waals surface area contributed by atoms with Gasteiger partial charge in [0.15, 0.2) is 0 Å². The molecule has 0 saturated heterocycles. The van der Waals surface area contributed by atoms with Crippen LogP contribution in [-0.4, -0.2) is 31.0 Å². The third kappa shape index (κ3) is 5.18. The average molecular weight is 410 g/mol. The summed E-state index contributed by atoms with van der Waals surface area (Å²) in [6.45, 7) is 1.36. The van der Waals surface area contributed by atoms with Crippen LogP contribution in [0.3, 0.4) is 0 Å². The van der Waals surface area contributed by atoms with Gasteiger partial charge in [-0.3, -0.25) is 4.79 Å². The summed E-state index contributed by atoms with van der Waals surface area (Å²) in [6, 6.07) is 8.81. The van der Waals surface area contributed by atoms with Crippen molar-refractivity contribution in [2.45, 2.75) is 19.6 Å². The van der Waals surface area contributed by atoms with Crippen molar-refractivity contribution in [3.8, 4) is 0 Å². The maximum Gasteiger partial charge on any atom is 0.373 e. The van der Waals surface area contributed by atoms with E-state index in [0.29, 0.717) is 11.3 Å². The number of amides is 1. The predicted octanol–water partition coefficient (Wildman–Crippen LogP) is 2.69. The highest BCUT2D eigenvalue weighted by Crippen LogP contribution is 2.12. The number of rotatable bonds is 6. The van der Waals surface area contributed by atoms with E-state index in [9.17, 15) is 14.4 Å². The van der Waals surface area contributed by atoms with Gasteiger partial charge in [-0.2, -0.15) is 0 Å². The Labute approximate surface area is 152 Å². The third-order valence-corrected chi connectivity index (χ3v) is 3.74. The molecule has 1 amide bonds. The molecule has 0 aliphatic heterocycles. The summed E-state index contributed by atoms with van der Waals surface area (Å²) in [4.78, 5) is 35.3. The number of methoxy groups -OCH3 is 1. The van der Waals surface area contributed by atoms with E-state index in [4.69, 9.17) is 9.15 Å². The van der Waals surface area contributed by atoms with Crippen LogP contribution in [0.25, 0.3) is 0 Å². The molecule has 1 heterocycles. The number of carbonyl (C=O) groups is 3. The minimum atomic E-state index is -0.841. The number of esters is 2. The van der Waals surface area contributed by atoms with E-state index >= 15 is 0 Å². The molecule has 132 valence electrons. The molecule has 1 aromatic carbocycles. The summed E-state index contributed by atoms with van der Waals surface area (Å²) >= 11 is 3.28. The van der Waals surface area contributed by atoms with Gasteiger partial charge in [0, 0.05) is 10.0 Å². The smallest absolute Gasteiger partial charge is 0.373 e. The van der Waals surface area contributed by atoms with Crippen molar-refractivity contribution < 1.29 is 28.3 Å². The molecule has 1 aromatic heterocycles. The highest BCUT2D eigenvalue weighted by Gasteiger charge is 2.19.